The summed E-state index contributed by atoms with van der Waals surface area (Å²) in [5, 5.41) is 0. The van der Waals surface area contributed by atoms with Crippen molar-refractivity contribution in [2.75, 3.05) is 31.1 Å². The van der Waals surface area contributed by atoms with Gasteiger partial charge in [0.15, 0.2) is 5.82 Å². The first kappa shape index (κ1) is 17.4. The fourth-order valence-corrected chi connectivity index (χ4v) is 4.66. The maximum absolute atomic E-state index is 13.1. The summed E-state index contributed by atoms with van der Waals surface area (Å²) in [6.07, 6.45) is 4.68. The van der Waals surface area contributed by atoms with Crippen LogP contribution in [0.25, 0.3) is 0 Å². The van der Waals surface area contributed by atoms with Gasteiger partial charge in [0.05, 0.1) is 12.4 Å². The molecule has 2 aliphatic heterocycles. The first-order chi connectivity index (χ1) is 12.6. The molecule has 4 rings (SSSR count). The Morgan fingerprint density at radius 2 is 1.81 bits per heavy atom. The molecule has 26 heavy (non-hydrogen) atoms. The Labute approximate surface area is 155 Å². The van der Waals surface area contributed by atoms with E-state index in [-0.39, 0.29) is 11.2 Å². The van der Waals surface area contributed by atoms with E-state index in [1.165, 1.54) is 23.5 Å². The number of benzene rings is 1. The molecule has 1 spiro atoms. The Morgan fingerprint density at radius 3 is 2.50 bits per heavy atom. The summed E-state index contributed by atoms with van der Waals surface area (Å²) in [6.45, 7) is 9.73. The molecule has 1 aromatic carbocycles. The highest BCUT2D eigenvalue weighted by molar-refractivity contribution is 5.40. The fourth-order valence-electron chi connectivity index (χ4n) is 4.66. The maximum atomic E-state index is 13.1. The van der Waals surface area contributed by atoms with Crippen LogP contribution in [-0.4, -0.2) is 41.0 Å². The normalized spacial score (nSPS) is 19.8. The zero-order valence-electron chi connectivity index (χ0n) is 15.7. The third-order valence-corrected chi connectivity index (χ3v) is 5.74. The summed E-state index contributed by atoms with van der Waals surface area (Å²) in [7, 11) is 0. The van der Waals surface area contributed by atoms with Gasteiger partial charge in [-0.05, 0) is 29.9 Å². The lowest BCUT2D eigenvalue weighted by Crippen LogP contribution is -2.52. The molecule has 0 amide bonds. The van der Waals surface area contributed by atoms with Crippen LogP contribution in [-0.2, 0) is 12.0 Å². The number of piperidine rings is 1. The average molecular weight is 354 g/mol. The SMILES string of the molecule is CC(C)CN1Cc2ccccc2C2(CCN(c3ncc(F)cn3)CC2)C1. The number of aromatic nitrogens is 2. The molecule has 2 aliphatic rings. The van der Waals surface area contributed by atoms with Crippen LogP contribution in [0.15, 0.2) is 36.7 Å². The number of fused-ring (bicyclic) bond motifs is 2. The van der Waals surface area contributed by atoms with Crippen molar-refractivity contribution in [1.82, 2.24) is 14.9 Å². The van der Waals surface area contributed by atoms with Gasteiger partial charge in [0.1, 0.15) is 0 Å². The van der Waals surface area contributed by atoms with E-state index in [0.29, 0.717) is 11.9 Å². The van der Waals surface area contributed by atoms with Crippen molar-refractivity contribution in [3.8, 4) is 0 Å². The minimum atomic E-state index is -0.382. The predicted molar refractivity (Wildman–Crippen MR) is 102 cm³/mol. The van der Waals surface area contributed by atoms with Gasteiger partial charge in [0, 0.05) is 38.1 Å². The first-order valence-corrected chi connectivity index (χ1v) is 9.59. The van der Waals surface area contributed by atoms with Gasteiger partial charge in [-0.15, -0.1) is 0 Å². The zero-order chi connectivity index (χ0) is 18.1. The molecule has 0 N–H and O–H groups in total. The highest BCUT2D eigenvalue weighted by atomic mass is 19.1. The van der Waals surface area contributed by atoms with Crippen molar-refractivity contribution in [3.63, 3.8) is 0 Å². The van der Waals surface area contributed by atoms with Crippen LogP contribution in [0.1, 0.15) is 37.8 Å². The van der Waals surface area contributed by atoms with E-state index < -0.39 is 0 Å². The number of anilines is 1. The molecule has 1 fully saturated rings. The predicted octanol–water partition coefficient (Wildman–Crippen LogP) is 3.63. The second-order valence-corrected chi connectivity index (χ2v) is 8.19. The van der Waals surface area contributed by atoms with E-state index >= 15 is 0 Å². The number of nitrogens with zero attached hydrogens (tertiary/aromatic N) is 4. The Kier molecular flexibility index (Phi) is 4.65. The van der Waals surface area contributed by atoms with Gasteiger partial charge in [0.2, 0.25) is 5.95 Å². The van der Waals surface area contributed by atoms with Crippen LogP contribution in [0.3, 0.4) is 0 Å². The van der Waals surface area contributed by atoms with Crippen LogP contribution in [0.4, 0.5) is 10.3 Å². The average Bonchev–Trinajstić information content (AvgIpc) is 2.63. The third kappa shape index (κ3) is 3.32. The molecule has 0 unspecified atom stereocenters. The number of hydrogen-bond donors (Lipinski definition) is 0. The van der Waals surface area contributed by atoms with E-state index in [1.807, 2.05) is 0 Å². The second kappa shape index (κ2) is 6.95. The van der Waals surface area contributed by atoms with Crippen molar-refractivity contribution in [1.29, 1.82) is 0 Å². The Bertz CT molecular complexity index is 751. The molecule has 0 aliphatic carbocycles. The van der Waals surface area contributed by atoms with Crippen LogP contribution >= 0.6 is 0 Å². The maximum Gasteiger partial charge on any atom is 0.225 e. The van der Waals surface area contributed by atoms with Crippen molar-refractivity contribution in [2.24, 2.45) is 5.92 Å². The molecule has 0 atom stereocenters. The number of halogens is 1. The summed E-state index contributed by atoms with van der Waals surface area (Å²) in [6, 6.07) is 8.95. The topological polar surface area (TPSA) is 32.3 Å². The largest absolute Gasteiger partial charge is 0.341 e. The third-order valence-electron chi connectivity index (χ3n) is 5.74. The van der Waals surface area contributed by atoms with Crippen molar-refractivity contribution >= 4 is 5.95 Å². The summed E-state index contributed by atoms with van der Waals surface area (Å²) in [5.41, 5.74) is 3.21. The van der Waals surface area contributed by atoms with Gasteiger partial charge in [-0.2, -0.15) is 0 Å². The molecular formula is C21H27FN4. The molecule has 0 saturated carbocycles. The molecule has 2 aromatic rings. The van der Waals surface area contributed by atoms with Crippen molar-refractivity contribution in [2.45, 2.75) is 38.6 Å². The molecule has 1 aromatic heterocycles. The zero-order valence-corrected chi connectivity index (χ0v) is 15.7. The molecule has 3 heterocycles. The fraction of sp³-hybridized carbons (Fsp3) is 0.524. The minimum absolute atomic E-state index is 0.209. The summed E-state index contributed by atoms with van der Waals surface area (Å²) >= 11 is 0. The lowest BCUT2D eigenvalue weighted by atomic mass is 9.68. The van der Waals surface area contributed by atoms with E-state index in [2.05, 4.69) is 57.9 Å². The monoisotopic (exact) mass is 354 g/mol. The smallest absolute Gasteiger partial charge is 0.225 e. The first-order valence-electron chi connectivity index (χ1n) is 9.59. The Hall–Kier alpha value is -2.01. The van der Waals surface area contributed by atoms with Crippen LogP contribution in [0, 0.1) is 11.7 Å². The highest BCUT2D eigenvalue weighted by Crippen LogP contribution is 2.42. The van der Waals surface area contributed by atoms with E-state index in [9.17, 15) is 4.39 Å². The molecular weight excluding hydrogens is 327 g/mol. The highest BCUT2D eigenvalue weighted by Gasteiger charge is 2.42. The summed E-state index contributed by atoms with van der Waals surface area (Å²) in [4.78, 5) is 13.1. The number of rotatable bonds is 3. The molecule has 4 nitrogen and oxygen atoms in total. The van der Waals surface area contributed by atoms with Crippen LogP contribution in [0.2, 0.25) is 0 Å². The van der Waals surface area contributed by atoms with E-state index in [4.69, 9.17) is 0 Å². The minimum Gasteiger partial charge on any atom is -0.341 e. The van der Waals surface area contributed by atoms with Gasteiger partial charge in [0.25, 0.3) is 0 Å². The van der Waals surface area contributed by atoms with Crippen molar-refractivity contribution in [3.05, 3.63) is 53.6 Å². The molecule has 138 valence electrons. The van der Waals surface area contributed by atoms with Crippen molar-refractivity contribution < 1.29 is 4.39 Å². The Balaban J connectivity index is 1.56. The lowest BCUT2D eigenvalue weighted by molar-refractivity contribution is 0.139. The van der Waals surface area contributed by atoms with Gasteiger partial charge >= 0.3 is 0 Å². The standard InChI is InChI=1S/C21H27FN4/c1-16(2)13-25-14-17-5-3-4-6-19(17)21(15-25)7-9-26(10-8-21)20-23-11-18(22)12-24-20/h3-6,11-12,16H,7-10,13-15H2,1-2H3. The van der Waals surface area contributed by atoms with Gasteiger partial charge in [-0.25, -0.2) is 14.4 Å². The second-order valence-electron chi connectivity index (χ2n) is 8.19. The van der Waals surface area contributed by atoms with E-state index in [1.54, 1.807) is 0 Å². The van der Waals surface area contributed by atoms with Gasteiger partial charge < -0.3 is 4.90 Å². The van der Waals surface area contributed by atoms with E-state index in [0.717, 1.165) is 45.6 Å². The lowest BCUT2D eigenvalue weighted by Gasteiger charge is -2.49. The van der Waals surface area contributed by atoms with Crippen LogP contribution < -0.4 is 4.90 Å². The number of hydrogen-bond acceptors (Lipinski definition) is 4. The Morgan fingerprint density at radius 1 is 1.12 bits per heavy atom. The molecule has 0 radical (unpaired) electrons. The van der Waals surface area contributed by atoms with Crippen LogP contribution in [0.5, 0.6) is 0 Å². The summed E-state index contributed by atoms with van der Waals surface area (Å²) < 4.78 is 13.1. The quantitative estimate of drug-likeness (QED) is 0.843. The molecule has 5 heteroatoms. The molecule has 1 saturated heterocycles. The molecule has 0 bridgehead atoms. The van der Waals surface area contributed by atoms with Gasteiger partial charge in [-0.3, -0.25) is 4.90 Å². The summed E-state index contributed by atoms with van der Waals surface area (Å²) in [5.74, 6) is 0.933. The van der Waals surface area contributed by atoms with Gasteiger partial charge in [-0.1, -0.05) is 38.1 Å².